The highest BCUT2D eigenvalue weighted by atomic mass is 32.2. The van der Waals surface area contributed by atoms with Gasteiger partial charge >= 0.3 is 6.03 Å². The quantitative estimate of drug-likeness (QED) is 0.337. The number of hydrogen-bond acceptors (Lipinski definition) is 8. The van der Waals surface area contributed by atoms with Crippen LogP contribution >= 0.6 is 11.3 Å². The number of benzene rings is 2. The molecule has 13 heteroatoms. The predicted molar refractivity (Wildman–Crippen MR) is 157 cm³/mol. The molecule has 1 aliphatic rings. The van der Waals surface area contributed by atoms with E-state index in [1.54, 1.807) is 78.9 Å². The van der Waals surface area contributed by atoms with Crippen molar-refractivity contribution in [3.63, 3.8) is 0 Å². The number of carbonyl (C=O) groups is 2. The lowest BCUT2D eigenvalue weighted by molar-refractivity contribution is 0.0389. The average molecular weight is 603 g/mol. The van der Waals surface area contributed by atoms with Crippen molar-refractivity contribution < 1.29 is 32.6 Å². The van der Waals surface area contributed by atoms with Gasteiger partial charge in [0.25, 0.3) is 15.9 Å². The molecular formula is C28H34N4O7S2. The number of amides is 3. The van der Waals surface area contributed by atoms with Gasteiger partial charge in [-0.05, 0) is 54.8 Å². The number of thiophene rings is 1. The molecule has 0 saturated heterocycles. The third-order valence-electron chi connectivity index (χ3n) is 6.88. The van der Waals surface area contributed by atoms with Gasteiger partial charge in [-0.2, -0.15) is 4.31 Å². The molecule has 11 nitrogen and oxygen atoms in total. The molecule has 2 aromatic carbocycles. The summed E-state index contributed by atoms with van der Waals surface area (Å²) in [5.74, 6) is 0.0603. The molecular weight excluding hydrogens is 568 g/mol. The molecule has 0 spiro atoms. The molecule has 1 aromatic heterocycles. The Hall–Kier alpha value is -3.65. The highest BCUT2D eigenvalue weighted by Gasteiger charge is 2.36. The van der Waals surface area contributed by atoms with Crippen LogP contribution in [-0.4, -0.2) is 80.7 Å². The molecule has 0 saturated carbocycles. The fourth-order valence-corrected chi connectivity index (χ4v) is 6.82. The molecule has 0 radical (unpaired) electrons. The number of sulfonamides is 1. The first-order chi connectivity index (χ1) is 19.5. The van der Waals surface area contributed by atoms with Gasteiger partial charge in [-0.15, -0.1) is 11.3 Å². The lowest BCUT2D eigenvalue weighted by Gasteiger charge is -2.38. The summed E-state index contributed by atoms with van der Waals surface area (Å²) < 4.78 is 39.4. The summed E-state index contributed by atoms with van der Waals surface area (Å²) in [6.07, 6.45) is -0.692. The van der Waals surface area contributed by atoms with E-state index in [4.69, 9.17) is 9.47 Å². The van der Waals surface area contributed by atoms with Crippen LogP contribution in [0.4, 0.5) is 16.2 Å². The highest BCUT2D eigenvalue weighted by molar-refractivity contribution is 7.91. The van der Waals surface area contributed by atoms with E-state index >= 15 is 0 Å². The number of likely N-dealkylation sites (N-methyl/N-ethyl adjacent to an activating group) is 1. The summed E-state index contributed by atoms with van der Waals surface area (Å²) in [4.78, 5) is 28.1. The second kappa shape index (κ2) is 12.9. The van der Waals surface area contributed by atoms with Gasteiger partial charge in [-0.25, -0.2) is 13.2 Å². The summed E-state index contributed by atoms with van der Waals surface area (Å²) in [7, 11) is -0.738. The van der Waals surface area contributed by atoms with Crippen LogP contribution in [0.2, 0.25) is 0 Å². The van der Waals surface area contributed by atoms with E-state index in [9.17, 15) is 23.1 Å². The molecule has 0 fully saturated rings. The monoisotopic (exact) mass is 602 g/mol. The Balaban J connectivity index is 1.66. The average Bonchev–Trinajstić information content (AvgIpc) is 3.51. The summed E-state index contributed by atoms with van der Waals surface area (Å²) >= 11 is 1.12. The Bertz CT molecular complexity index is 1460. The maximum absolute atomic E-state index is 13.7. The van der Waals surface area contributed by atoms with Gasteiger partial charge in [0.2, 0.25) is 0 Å². The van der Waals surface area contributed by atoms with Crippen LogP contribution in [0, 0.1) is 5.92 Å². The van der Waals surface area contributed by atoms with Crippen LogP contribution in [0.1, 0.15) is 24.2 Å². The number of rotatable bonds is 9. The smallest absolute Gasteiger partial charge is 0.323 e. The molecule has 0 aliphatic carbocycles. The number of ether oxygens (including phenoxy) is 2. The van der Waals surface area contributed by atoms with E-state index in [0.29, 0.717) is 11.4 Å². The van der Waals surface area contributed by atoms with Crippen molar-refractivity contribution in [3.05, 3.63) is 65.5 Å². The van der Waals surface area contributed by atoms with Gasteiger partial charge < -0.3 is 30.1 Å². The first kappa shape index (κ1) is 30.3. The van der Waals surface area contributed by atoms with Crippen LogP contribution in [0.3, 0.4) is 0 Å². The maximum Gasteiger partial charge on any atom is 0.323 e. The molecule has 3 aromatic rings. The summed E-state index contributed by atoms with van der Waals surface area (Å²) in [6, 6.07) is 13.7. The van der Waals surface area contributed by atoms with E-state index in [1.807, 2.05) is 6.92 Å². The minimum absolute atomic E-state index is 0.0112. The van der Waals surface area contributed by atoms with Crippen molar-refractivity contribution in [3.8, 4) is 11.5 Å². The normalized spacial score (nSPS) is 18.1. The molecule has 0 unspecified atom stereocenters. The summed E-state index contributed by atoms with van der Waals surface area (Å²) in [6.45, 7) is 3.56. The standard InChI is InChI=1S/C28H34N4O7S2/c1-18-15-32(19(2)17-33)27(34)22-7-5-8-23(30-28(35)29-20-10-12-21(38-4)13-11-20)26(22)39-24(18)16-31(3)41(36,37)25-9-6-14-40-25/h5-14,18-19,24,33H,15-17H2,1-4H3,(H2,29,30,35)/t18-,19-,24+/m1/s1. The molecule has 3 atom stereocenters. The molecule has 1 aliphatic heterocycles. The van der Waals surface area contributed by atoms with E-state index in [2.05, 4.69) is 10.6 Å². The first-order valence-electron chi connectivity index (χ1n) is 13.0. The lowest BCUT2D eigenvalue weighted by atomic mass is 9.99. The van der Waals surface area contributed by atoms with Crippen molar-refractivity contribution in [2.24, 2.45) is 5.92 Å². The summed E-state index contributed by atoms with van der Waals surface area (Å²) in [5.41, 5.74) is 0.948. The number of aliphatic hydroxyl groups excluding tert-OH is 1. The second-order valence-electron chi connectivity index (χ2n) is 9.83. The van der Waals surface area contributed by atoms with Gasteiger partial charge in [0.05, 0.1) is 37.6 Å². The van der Waals surface area contributed by atoms with E-state index in [1.165, 1.54) is 11.4 Å². The fourth-order valence-electron chi connectivity index (χ4n) is 4.43. The van der Waals surface area contributed by atoms with Crippen LogP contribution in [0.25, 0.3) is 0 Å². The number of urea groups is 1. The number of nitrogens with one attached hydrogen (secondary N) is 2. The number of nitrogens with zero attached hydrogens (tertiary/aromatic N) is 2. The minimum Gasteiger partial charge on any atom is -0.497 e. The number of carbonyl (C=O) groups excluding carboxylic acids is 2. The van der Waals surface area contributed by atoms with Crippen molar-refractivity contribution in [2.45, 2.75) is 30.2 Å². The molecule has 0 bridgehead atoms. The Morgan fingerprint density at radius 3 is 2.56 bits per heavy atom. The fraction of sp³-hybridized carbons (Fsp3) is 0.357. The maximum atomic E-state index is 13.7. The van der Waals surface area contributed by atoms with Gasteiger partial charge in [-0.3, -0.25) is 4.79 Å². The lowest BCUT2D eigenvalue weighted by Crippen LogP contribution is -2.50. The third kappa shape index (κ3) is 6.81. The first-order valence-corrected chi connectivity index (χ1v) is 15.3. The molecule has 41 heavy (non-hydrogen) atoms. The van der Waals surface area contributed by atoms with Gasteiger partial charge in [-0.1, -0.05) is 19.1 Å². The van der Waals surface area contributed by atoms with E-state index in [-0.39, 0.29) is 52.7 Å². The van der Waals surface area contributed by atoms with Gasteiger partial charge in [0.1, 0.15) is 16.1 Å². The zero-order valence-corrected chi connectivity index (χ0v) is 24.9. The van der Waals surface area contributed by atoms with Crippen molar-refractivity contribution >= 4 is 44.7 Å². The van der Waals surface area contributed by atoms with Crippen molar-refractivity contribution in [1.29, 1.82) is 0 Å². The molecule has 4 rings (SSSR count). The SMILES string of the molecule is COc1ccc(NC(=O)Nc2cccc3c2O[C@@H](CN(C)S(=O)(=O)c2cccs2)[C@H](C)CN([C@H](C)CO)C3=O)cc1. The van der Waals surface area contributed by atoms with Crippen LogP contribution in [0.15, 0.2) is 64.2 Å². The molecule has 3 N–H and O–H groups in total. The topological polar surface area (TPSA) is 138 Å². The summed E-state index contributed by atoms with van der Waals surface area (Å²) in [5, 5.41) is 17.1. The zero-order chi connectivity index (χ0) is 29.7. The third-order valence-corrected chi connectivity index (χ3v) is 10.1. The van der Waals surface area contributed by atoms with E-state index in [0.717, 1.165) is 11.3 Å². The number of methoxy groups -OCH3 is 1. The minimum atomic E-state index is -3.77. The second-order valence-corrected chi connectivity index (χ2v) is 13.0. The number of fused-ring (bicyclic) bond motifs is 1. The number of aliphatic hydroxyl groups is 1. The Labute approximate surface area is 243 Å². The van der Waals surface area contributed by atoms with Gasteiger partial charge in [0, 0.05) is 25.2 Å². The zero-order valence-electron chi connectivity index (χ0n) is 23.2. The van der Waals surface area contributed by atoms with Crippen LogP contribution in [-0.2, 0) is 10.0 Å². The molecule has 2 heterocycles. The number of hydrogen-bond donors (Lipinski definition) is 3. The molecule has 3 amide bonds. The van der Waals surface area contributed by atoms with Crippen molar-refractivity contribution in [1.82, 2.24) is 9.21 Å². The Morgan fingerprint density at radius 1 is 1.20 bits per heavy atom. The van der Waals surface area contributed by atoms with Crippen LogP contribution in [0.5, 0.6) is 11.5 Å². The Morgan fingerprint density at radius 2 is 1.93 bits per heavy atom. The van der Waals surface area contributed by atoms with Crippen LogP contribution < -0.4 is 20.1 Å². The number of para-hydroxylation sites is 1. The van der Waals surface area contributed by atoms with E-state index < -0.39 is 28.2 Å². The number of anilines is 2. The predicted octanol–water partition coefficient (Wildman–Crippen LogP) is 3.94. The highest BCUT2D eigenvalue weighted by Crippen LogP contribution is 2.35. The van der Waals surface area contributed by atoms with Crippen molar-refractivity contribution in [2.75, 3.05) is 44.5 Å². The van der Waals surface area contributed by atoms with Gasteiger partial charge in [0.15, 0.2) is 5.75 Å². The Kier molecular flexibility index (Phi) is 9.53. The molecule has 220 valence electrons. The largest absolute Gasteiger partial charge is 0.497 e.